The highest BCUT2D eigenvalue weighted by Crippen LogP contribution is 2.22. The molecular weight excluding hydrogens is 234 g/mol. The maximum absolute atomic E-state index is 4.31. The van der Waals surface area contributed by atoms with Crippen molar-refractivity contribution >= 4 is 5.69 Å². The summed E-state index contributed by atoms with van der Waals surface area (Å²) < 4.78 is 0. The second-order valence-corrected chi connectivity index (χ2v) is 4.93. The van der Waals surface area contributed by atoms with Crippen LogP contribution in [0.4, 0.5) is 5.69 Å². The minimum Gasteiger partial charge on any atom is -0.377 e. The molecule has 0 bridgehead atoms. The van der Waals surface area contributed by atoms with Crippen molar-refractivity contribution in [2.24, 2.45) is 0 Å². The molecule has 0 radical (unpaired) electrons. The standard InChI is InChI=1S/C16H21N3/c1-4-12(2)14-5-7-15(8-6-14)19-13(3)16-11-17-9-10-18-16/h5-13,19H,4H2,1-3H3. The van der Waals surface area contributed by atoms with Crippen LogP contribution in [0.15, 0.2) is 42.9 Å². The number of nitrogens with zero attached hydrogens (tertiary/aromatic N) is 2. The molecule has 0 aliphatic carbocycles. The molecule has 1 aromatic heterocycles. The van der Waals surface area contributed by atoms with E-state index in [1.807, 2.05) is 0 Å². The van der Waals surface area contributed by atoms with Gasteiger partial charge in [0.1, 0.15) is 0 Å². The Bertz CT molecular complexity index is 493. The molecule has 1 aromatic carbocycles. The average Bonchev–Trinajstić information content (AvgIpc) is 2.48. The van der Waals surface area contributed by atoms with E-state index in [1.54, 1.807) is 18.6 Å². The van der Waals surface area contributed by atoms with Crippen molar-refractivity contribution in [2.75, 3.05) is 5.32 Å². The molecule has 2 unspecified atom stereocenters. The van der Waals surface area contributed by atoms with E-state index in [-0.39, 0.29) is 6.04 Å². The number of aromatic nitrogens is 2. The molecule has 2 rings (SSSR count). The van der Waals surface area contributed by atoms with Crippen molar-refractivity contribution in [1.82, 2.24) is 9.97 Å². The van der Waals surface area contributed by atoms with Gasteiger partial charge in [-0.3, -0.25) is 9.97 Å². The summed E-state index contributed by atoms with van der Waals surface area (Å²) in [4.78, 5) is 8.40. The third-order valence-electron chi connectivity index (χ3n) is 3.50. The van der Waals surface area contributed by atoms with Crippen LogP contribution in [-0.4, -0.2) is 9.97 Å². The predicted octanol–water partition coefficient (Wildman–Crippen LogP) is 4.16. The first-order chi connectivity index (χ1) is 9.20. The van der Waals surface area contributed by atoms with Crippen LogP contribution in [-0.2, 0) is 0 Å². The van der Waals surface area contributed by atoms with Crippen LogP contribution in [0.25, 0.3) is 0 Å². The Morgan fingerprint density at radius 3 is 2.42 bits per heavy atom. The zero-order valence-electron chi connectivity index (χ0n) is 11.8. The summed E-state index contributed by atoms with van der Waals surface area (Å²) in [5.74, 6) is 0.617. The van der Waals surface area contributed by atoms with Gasteiger partial charge in [0.05, 0.1) is 17.9 Å². The predicted molar refractivity (Wildman–Crippen MR) is 79.2 cm³/mol. The first-order valence-electron chi connectivity index (χ1n) is 6.83. The van der Waals surface area contributed by atoms with Crippen LogP contribution in [0.5, 0.6) is 0 Å². The maximum Gasteiger partial charge on any atom is 0.0806 e. The smallest absolute Gasteiger partial charge is 0.0806 e. The molecule has 0 saturated heterocycles. The summed E-state index contributed by atoms with van der Waals surface area (Å²) in [5, 5.41) is 3.44. The lowest BCUT2D eigenvalue weighted by molar-refractivity contribution is 0.733. The molecule has 3 heteroatoms. The van der Waals surface area contributed by atoms with Gasteiger partial charge in [-0.05, 0) is 37.0 Å². The van der Waals surface area contributed by atoms with Crippen molar-refractivity contribution < 1.29 is 0 Å². The third kappa shape index (κ3) is 3.53. The Labute approximate surface area is 115 Å². The van der Waals surface area contributed by atoms with Gasteiger partial charge in [-0.2, -0.15) is 0 Å². The molecule has 0 aliphatic rings. The van der Waals surface area contributed by atoms with Crippen molar-refractivity contribution in [2.45, 2.75) is 39.2 Å². The molecule has 3 nitrogen and oxygen atoms in total. The zero-order valence-corrected chi connectivity index (χ0v) is 11.8. The molecule has 2 aromatic rings. The van der Waals surface area contributed by atoms with Gasteiger partial charge >= 0.3 is 0 Å². The van der Waals surface area contributed by atoms with Crippen LogP contribution in [0.3, 0.4) is 0 Å². The van der Waals surface area contributed by atoms with Crippen LogP contribution >= 0.6 is 0 Å². The van der Waals surface area contributed by atoms with E-state index in [4.69, 9.17) is 0 Å². The zero-order chi connectivity index (χ0) is 13.7. The molecule has 0 aliphatic heterocycles. The largest absolute Gasteiger partial charge is 0.377 e. The summed E-state index contributed by atoms with van der Waals surface area (Å²) in [6, 6.07) is 8.81. The van der Waals surface area contributed by atoms with Crippen molar-refractivity contribution in [3.05, 3.63) is 54.1 Å². The highest BCUT2D eigenvalue weighted by molar-refractivity contribution is 5.46. The van der Waals surface area contributed by atoms with Crippen molar-refractivity contribution in [3.63, 3.8) is 0 Å². The lowest BCUT2D eigenvalue weighted by atomic mass is 9.98. The number of hydrogen-bond acceptors (Lipinski definition) is 3. The van der Waals surface area contributed by atoms with Crippen molar-refractivity contribution in [1.29, 1.82) is 0 Å². The van der Waals surface area contributed by atoms with Gasteiger partial charge in [0.2, 0.25) is 0 Å². The highest BCUT2D eigenvalue weighted by Gasteiger charge is 2.07. The van der Waals surface area contributed by atoms with Crippen LogP contribution in [0.1, 0.15) is 50.4 Å². The Kier molecular flexibility index (Phi) is 4.50. The van der Waals surface area contributed by atoms with E-state index in [0.29, 0.717) is 5.92 Å². The van der Waals surface area contributed by atoms with E-state index in [9.17, 15) is 0 Å². The Morgan fingerprint density at radius 1 is 1.11 bits per heavy atom. The quantitative estimate of drug-likeness (QED) is 0.871. The summed E-state index contributed by atoms with van der Waals surface area (Å²) in [6.45, 7) is 6.56. The van der Waals surface area contributed by atoms with Gasteiger partial charge in [0.25, 0.3) is 0 Å². The topological polar surface area (TPSA) is 37.8 Å². The summed E-state index contributed by atoms with van der Waals surface area (Å²) in [7, 11) is 0. The first kappa shape index (κ1) is 13.5. The number of rotatable bonds is 5. The third-order valence-corrected chi connectivity index (χ3v) is 3.50. The molecule has 0 amide bonds. The van der Waals surface area contributed by atoms with E-state index >= 15 is 0 Å². The number of anilines is 1. The normalized spacial score (nSPS) is 13.8. The number of benzene rings is 1. The lowest BCUT2D eigenvalue weighted by Gasteiger charge is -2.15. The van der Waals surface area contributed by atoms with E-state index in [1.165, 1.54) is 12.0 Å². The number of hydrogen-bond donors (Lipinski definition) is 1. The van der Waals surface area contributed by atoms with Gasteiger partial charge in [-0.15, -0.1) is 0 Å². The fourth-order valence-electron chi connectivity index (χ4n) is 2.00. The highest BCUT2D eigenvalue weighted by atomic mass is 14.9. The van der Waals surface area contributed by atoms with Crippen LogP contribution < -0.4 is 5.32 Å². The van der Waals surface area contributed by atoms with E-state index in [0.717, 1.165) is 11.4 Å². The van der Waals surface area contributed by atoms with Gasteiger partial charge < -0.3 is 5.32 Å². The SMILES string of the molecule is CCC(C)c1ccc(NC(C)c2cnccn2)cc1. The van der Waals surface area contributed by atoms with Crippen molar-refractivity contribution in [3.8, 4) is 0 Å². The molecule has 0 spiro atoms. The monoisotopic (exact) mass is 255 g/mol. The minimum atomic E-state index is 0.156. The van der Waals surface area contributed by atoms with Gasteiger partial charge in [0.15, 0.2) is 0 Å². The van der Waals surface area contributed by atoms with Gasteiger partial charge in [-0.25, -0.2) is 0 Å². The lowest BCUT2D eigenvalue weighted by Crippen LogP contribution is -2.08. The van der Waals surface area contributed by atoms with Gasteiger partial charge in [0, 0.05) is 18.1 Å². The Balaban J connectivity index is 2.04. The summed E-state index contributed by atoms with van der Waals surface area (Å²) in [6.07, 6.45) is 6.38. The minimum absolute atomic E-state index is 0.156. The first-order valence-corrected chi connectivity index (χ1v) is 6.83. The summed E-state index contributed by atoms with van der Waals surface area (Å²) in [5.41, 5.74) is 3.46. The Morgan fingerprint density at radius 2 is 1.84 bits per heavy atom. The maximum atomic E-state index is 4.31. The van der Waals surface area contributed by atoms with E-state index < -0.39 is 0 Å². The molecule has 0 saturated carbocycles. The molecule has 100 valence electrons. The molecule has 1 N–H and O–H groups in total. The Hall–Kier alpha value is -1.90. The molecule has 19 heavy (non-hydrogen) atoms. The van der Waals surface area contributed by atoms with Gasteiger partial charge in [-0.1, -0.05) is 26.0 Å². The number of nitrogens with one attached hydrogen (secondary N) is 1. The molecular formula is C16H21N3. The molecule has 2 atom stereocenters. The fourth-order valence-corrected chi connectivity index (χ4v) is 2.00. The van der Waals surface area contributed by atoms with Crippen LogP contribution in [0, 0.1) is 0 Å². The average molecular weight is 255 g/mol. The van der Waals surface area contributed by atoms with E-state index in [2.05, 4.69) is 60.3 Å². The summed E-state index contributed by atoms with van der Waals surface area (Å²) >= 11 is 0. The fraction of sp³-hybridized carbons (Fsp3) is 0.375. The molecule has 1 heterocycles. The molecule has 0 fully saturated rings. The second-order valence-electron chi connectivity index (χ2n) is 4.93. The second kappa shape index (κ2) is 6.32. The van der Waals surface area contributed by atoms with Crippen LogP contribution in [0.2, 0.25) is 0 Å².